The Balaban J connectivity index is 1.92. The smallest absolute Gasteiger partial charge is 0.239 e. The van der Waals surface area contributed by atoms with Crippen molar-refractivity contribution in [3.8, 4) is 0 Å². The van der Waals surface area contributed by atoms with Crippen LogP contribution in [-0.2, 0) is 16.1 Å². The average molecular weight is 360 g/mol. The van der Waals surface area contributed by atoms with Crippen LogP contribution < -0.4 is 4.90 Å². The van der Waals surface area contributed by atoms with Crippen LogP contribution in [-0.4, -0.2) is 21.8 Å². The molecule has 2 aromatic heterocycles. The number of rotatable bonds is 5. The Labute approximate surface area is 147 Å². The van der Waals surface area contributed by atoms with Crippen LogP contribution in [0.3, 0.4) is 0 Å². The minimum atomic E-state index is -0.164. The second-order valence-electron chi connectivity index (χ2n) is 5.31. The lowest BCUT2D eigenvalue weighted by molar-refractivity contribution is -0.116. The zero-order valence-electron chi connectivity index (χ0n) is 13.3. The number of aromatic nitrogens is 1. The molecule has 0 aliphatic heterocycles. The Morgan fingerprint density at radius 2 is 2.17 bits per heavy atom. The van der Waals surface area contributed by atoms with Gasteiger partial charge in [0, 0.05) is 6.92 Å². The van der Waals surface area contributed by atoms with Crippen LogP contribution in [0.4, 0.5) is 5.13 Å². The van der Waals surface area contributed by atoms with Crippen LogP contribution in [0.2, 0.25) is 0 Å². The van der Waals surface area contributed by atoms with E-state index in [1.165, 1.54) is 18.3 Å². The molecule has 0 fully saturated rings. The number of thioether (sulfide) groups is 1. The van der Waals surface area contributed by atoms with Gasteiger partial charge in [0.2, 0.25) is 5.91 Å². The zero-order valence-corrected chi connectivity index (χ0v) is 14.9. The fraction of sp³-hybridized carbons (Fsp3) is 0.235. The highest BCUT2D eigenvalue weighted by molar-refractivity contribution is 8.14. The fourth-order valence-electron chi connectivity index (χ4n) is 2.20. The van der Waals surface area contributed by atoms with E-state index in [1.807, 2.05) is 25.1 Å². The van der Waals surface area contributed by atoms with Crippen molar-refractivity contribution in [1.29, 1.82) is 0 Å². The SMILES string of the molecule is CC(=O)SCC(=O)N(Cc1ccco1)c1nc2ccc(C)cc2s1. The highest BCUT2D eigenvalue weighted by atomic mass is 32.2. The molecule has 0 aliphatic rings. The van der Waals surface area contributed by atoms with Crippen LogP contribution in [0.5, 0.6) is 0 Å². The second-order valence-corrected chi connectivity index (χ2v) is 7.47. The summed E-state index contributed by atoms with van der Waals surface area (Å²) in [4.78, 5) is 29.9. The molecule has 0 unspecified atom stereocenters. The van der Waals surface area contributed by atoms with Gasteiger partial charge in [0.1, 0.15) is 5.76 Å². The quantitative estimate of drug-likeness (QED) is 0.688. The topological polar surface area (TPSA) is 63.4 Å². The molecule has 0 aliphatic carbocycles. The monoisotopic (exact) mass is 360 g/mol. The highest BCUT2D eigenvalue weighted by Gasteiger charge is 2.21. The van der Waals surface area contributed by atoms with Crippen LogP contribution >= 0.6 is 23.1 Å². The van der Waals surface area contributed by atoms with E-state index >= 15 is 0 Å². The first-order chi connectivity index (χ1) is 11.5. The van der Waals surface area contributed by atoms with E-state index in [0.717, 1.165) is 27.5 Å². The van der Waals surface area contributed by atoms with Gasteiger partial charge in [0.05, 0.1) is 28.8 Å². The standard InChI is InChI=1S/C17H16N2O3S2/c1-11-5-6-14-15(8-11)24-17(18-14)19(9-13-4-3-7-22-13)16(21)10-23-12(2)20/h3-8H,9-10H2,1-2H3. The molecule has 0 radical (unpaired) electrons. The Hall–Kier alpha value is -2.12. The van der Waals surface area contributed by atoms with Crippen molar-refractivity contribution in [2.75, 3.05) is 10.7 Å². The van der Waals surface area contributed by atoms with Gasteiger partial charge in [-0.15, -0.1) is 0 Å². The summed E-state index contributed by atoms with van der Waals surface area (Å²) in [6.45, 7) is 3.77. The van der Waals surface area contributed by atoms with Gasteiger partial charge in [-0.2, -0.15) is 0 Å². The van der Waals surface area contributed by atoms with Gasteiger partial charge in [-0.05, 0) is 36.8 Å². The van der Waals surface area contributed by atoms with Gasteiger partial charge in [-0.1, -0.05) is 29.2 Å². The number of benzene rings is 1. The zero-order chi connectivity index (χ0) is 17.1. The molecule has 1 amide bonds. The number of hydrogen-bond acceptors (Lipinski definition) is 6. The van der Waals surface area contributed by atoms with Crippen LogP contribution in [0, 0.1) is 6.92 Å². The summed E-state index contributed by atoms with van der Waals surface area (Å²) in [5, 5.41) is 0.530. The molecule has 24 heavy (non-hydrogen) atoms. The number of carbonyl (C=O) groups is 2. The summed E-state index contributed by atoms with van der Waals surface area (Å²) >= 11 is 2.46. The van der Waals surface area contributed by atoms with E-state index < -0.39 is 0 Å². The van der Waals surface area contributed by atoms with Crippen molar-refractivity contribution in [2.24, 2.45) is 0 Å². The van der Waals surface area contributed by atoms with E-state index in [4.69, 9.17) is 4.42 Å². The van der Waals surface area contributed by atoms with Gasteiger partial charge in [0.25, 0.3) is 0 Å². The number of amides is 1. The van der Waals surface area contributed by atoms with Gasteiger partial charge < -0.3 is 4.42 Å². The first-order valence-corrected chi connectivity index (χ1v) is 9.16. The first-order valence-electron chi connectivity index (χ1n) is 7.36. The van der Waals surface area contributed by atoms with Crippen molar-refractivity contribution >= 4 is 49.5 Å². The Morgan fingerprint density at radius 1 is 1.33 bits per heavy atom. The fourth-order valence-corrected chi connectivity index (χ4v) is 3.76. The van der Waals surface area contributed by atoms with Gasteiger partial charge >= 0.3 is 0 Å². The molecule has 0 atom stereocenters. The maximum Gasteiger partial charge on any atom is 0.239 e. The van der Waals surface area contributed by atoms with E-state index in [0.29, 0.717) is 17.4 Å². The van der Waals surface area contributed by atoms with Crippen LogP contribution in [0.15, 0.2) is 41.0 Å². The molecule has 0 spiro atoms. The van der Waals surface area contributed by atoms with Crippen molar-refractivity contribution < 1.29 is 14.0 Å². The van der Waals surface area contributed by atoms with E-state index in [1.54, 1.807) is 17.2 Å². The molecule has 0 bridgehead atoms. The summed E-state index contributed by atoms with van der Waals surface area (Å²) in [5.74, 6) is 0.597. The minimum absolute atomic E-state index is 0.0822. The first kappa shape index (κ1) is 16.7. The summed E-state index contributed by atoms with van der Waals surface area (Å²) in [5.41, 5.74) is 2.01. The molecule has 3 rings (SSSR count). The molecular weight excluding hydrogens is 344 g/mol. The Morgan fingerprint density at radius 3 is 2.88 bits per heavy atom. The Kier molecular flexibility index (Phi) is 5.01. The number of fused-ring (bicyclic) bond motifs is 1. The summed E-state index contributed by atoms with van der Waals surface area (Å²) in [7, 11) is 0. The largest absolute Gasteiger partial charge is 0.467 e. The van der Waals surface area contributed by atoms with E-state index in [-0.39, 0.29) is 16.8 Å². The second kappa shape index (κ2) is 7.19. The summed E-state index contributed by atoms with van der Waals surface area (Å²) in [6.07, 6.45) is 1.57. The number of hydrogen-bond donors (Lipinski definition) is 0. The lowest BCUT2D eigenvalue weighted by Gasteiger charge is -2.18. The van der Waals surface area contributed by atoms with E-state index in [2.05, 4.69) is 11.1 Å². The number of nitrogens with zero attached hydrogens (tertiary/aromatic N) is 2. The lowest BCUT2D eigenvalue weighted by Crippen LogP contribution is -2.32. The summed E-state index contributed by atoms with van der Waals surface area (Å²) in [6, 6.07) is 9.59. The molecule has 124 valence electrons. The molecule has 3 aromatic rings. The van der Waals surface area contributed by atoms with Crippen LogP contribution in [0.25, 0.3) is 10.2 Å². The molecular formula is C17H16N2O3S2. The van der Waals surface area contributed by atoms with Gasteiger partial charge in [-0.25, -0.2) is 4.98 Å². The molecule has 2 heterocycles. The number of carbonyl (C=O) groups excluding carboxylic acids is 2. The predicted molar refractivity (Wildman–Crippen MR) is 97.4 cm³/mol. The lowest BCUT2D eigenvalue weighted by atomic mass is 10.2. The van der Waals surface area contributed by atoms with Crippen molar-refractivity contribution in [3.63, 3.8) is 0 Å². The maximum absolute atomic E-state index is 12.6. The number of thiazole rings is 1. The van der Waals surface area contributed by atoms with Crippen LogP contribution in [0.1, 0.15) is 18.2 Å². The minimum Gasteiger partial charge on any atom is -0.467 e. The summed E-state index contributed by atoms with van der Waals surface area (Å²) < 4.78 is 6.39. The third-order valence-electron chi connectivity index (χ3n) is 3.36. The maximum atomic E-state index is 12.6. The highest BCUT2D eigenvalue weighted by Crippen LogP contribution is 2.31. The molecule has 0 saturated carbocycles. The molecule has 0 saturated heterocycles. The Bertz CT molecular complexity index is 871. The average Bonchev–Trinajstić information content (AvgIpc) is 3.18. The van der Waals surface area contributed by atoms with Crippen molar-refractivity contribution in [1.82, 2.24) is 4.98 Å². The van der Waals surface area contributed by atoms with Crippen molar-refractivity contribution in [2.45, 2.75) is 20.4 Å². The number of anilines is 1. The molecule has 7 heteroatoms. The molecule has 0 N–H and O–H groups in total. The molecule has 5 nitrogen and oxygen atoms in total. The van der Waals surface area contributed by atoms with Gasteiger partial charge in [0.15, 0.2) is 10.2 Å². The third-order valence-corrected chi connectivity index (χ3v) is 5.20. The van der Waals surface area contributed by atoms with Crippen molar-refractivity contribution in [3.05, 3.63) is 47.9 Å². The molecule has 1 aromatic carbocycles. The van der Waals surface area contributed by atoms with E-state index in [9.17, 15) is 9.59 Å². The normalized spacial score (nSPS) is 10.9. The van der Waals surface area contributed by atoms with Gasteiger partial charge in [-0.3, -0.25) is 14.5 Å². The number of aryl methyl sites for hydroxylation is 1. The number of furan rings is 1. The third kappa shape index (κ3) is 3.85. The predicted octanol–water partition coefficient (Wildman–Crippen LogP) is 4.01.